The molecule has 2 heterocycles. The average molecular weight is 284 g/mol. The number of carbonyl (C=O) groups is 1. The number of carbonyl (C=O) groups excluding carboxylic acids is 1. The highest BCUT2D eigenvalue weighted by atomic mass is 16.5. The molecule has 0 radical (unpaired) electrons. The standard InChI is InChI=1S/C13H12N6O2/c1-21-10-6-4-9(5-7-10)15-13(20)17-19-12-11(16-18-19)3-2-8-14-12/h2-8H,1H3,(H2,15,17,20). The van der Waals surface area contributed by atoms with Gasteiger partial charge in [0, 0.05) is 11.9 Å². The fourth-order valence-corrected chi connectivity index (χ4v) is 1.77. The number of benzene rings is 1. The van der Waals surface area contributed by atoms with Gasteiger partial charge in [0.2, 0.25) is 5.65 Å². The first-order chi connectivity index (χ1) is 10.3. The second-order valence-corrected chi connectivity index (χ2v) is 4.14. The summed E-state index contributed by atoms with van der Waals surface area (Å²) in [6.07, 6.45) is 1.60. The van der Waals surface area contributed by atoms with Crippen molar-refractivity contribution in [2.24, 2.45) is 0 Å². The molecule has 0 saturated carbocycles. The first-order valence-electron chi connectivity index (χ1n) is 6.15. The van der Waals surface area contributed by atoms with Crippen molar-refractivity contribution in [3.63, 3.8) is 0 Å². The number of rotatable bonds is 3. The topological polar surface area (TPSA) is 94.0 Å². The molecule has 0 saturated heterocycles. The van der Waals surface area contributed by atoms with Gasteiger partial charge < -0.3 is 10.1 Å². The summed E-state index contributed by atoms with van der Waals surface area (Å²) in [6.45, 7) is 0. The van der Waals surface area contributed by atoms with Crippen LogP contribution in [0.25, 0.3) is 11.2 Å². The van der Waals surface area contributed by atoms with E-state index in [2.05, 4.69) is 26.0 Å². The molecule has 0 spiro atoms. The molecule has 8 heteroatoms. The van der Waals surface area contributed by atoms with Gasteiger partial charge in [-0.2, -0.15) is 0 Å². The van der Waals surface area contributed by atoms with E-state index >= 15 is 0 Å². The Balaban J connectivity index is 1.71. The number of ether oxygens (including phenoxy) is 1. The third-order valence-electron chi connectivity index (χ3n) is 2.76. The van der Waals surface area contributed by atoms with Gasteiger partial charge in [-0.15, -0.1) is 9.89 Å². The van der Waals surface area contributed by atoms with Gasteiger partial charge in [-0.25, -0.2) is 15.2 Å². The average Bonchev–Trinajstić information content (AvgIpc) is 2.91. The van der Waals surface area contributed by atoms with Crippen molar-refractivity contribution in [3.8, 4) is 5.75 Å². The van der Waals surface area contributed by atoms with Crippen LogP contribution in [-0.4, -0.2) is 33.2 Å². The van der Waals surface area contributed by atoms with Crippen LogP contribution in [-0.2, 0) is 0 Å². The number of aromatic nitrogens is 4. The SMILES string of the molecule is COc1ccc(NC(=O)Nn2nnc3cccnc32)cc1. The van der Waals surface area contributed by atoms with E-state index in [-0.39, 0.29) is 0 Å². The monoisotopic (exact) mass is 284 g/mol. The fraction of sp³-hybridized carbons (Fsp3) is 0.0769. The van der Waals surface area contributed by atoms with Crippen molar-refractivity contribution < 1.29 is 9.53 Å². The molecule has 2 amide bonds. The van der Waals surface area contributed by atoms with Gasteiger partial charge in [-0.1, -0.05) is 0 Å². The molecular formula is C13H12N6O2. The van der Waals surface area contributed by atoms with Crippen LogP contribution in [0.4, 0.5) is 10.5 Å². The highest BCUT2D eigenvalue weighted by molar-refractivity contribution is 5.95. The Morgan fingerprint density at radius 1 is 1.24 bits per heavy atom. The number of pyridine rings is 1. The minimum atomic E-state index is -0.447. The zero-order valence-electron chi connectivity index (χ0n) is 11.1. The Bertz CT molecular complexity index is 768. The first-order valence-corrected chi connectivity index (χ1v) is 6.15. The molecule has 0 atom stereocenters. The summed E-state index contributed by atoms with van der Waals surface area (Å²) in [5.41, 5.74) is 4.25. The fourth-order valence-electron chi connectivity index (χ4n) is 1.77. The lowest BCUT2D eigenvalue weighted by molar-refractivity contribution is 0.259. The van der Waals surface area contributed by atoms with Crippen LogP contribution < -0.4 is 15.5 Å². The minimum Gasteiger partial charge on any atom is -0.497 e. The number of methoxy groups -OCH3 is 1. The molecule has 0 aliphatic heterocycles. The Hall–Kier alpha value is -3.16. The summed E-state index contributed by atoms with van der Waals surface area (Å²) < 4.78 is 5.05. The summed E-state index contributed by atoms with van der Waals surface area (Å²) >= 11 is 0. The Kier molecular flexibility index (Phi) is 3.34. The number of nitrogens with zero attached hydrogens (tertiary/aromatic N) is 4. The van der Waals surface area contributed by atoms with E-state index in [1.54, 1.807) is 49.7 Å². The first kappa shape index (κ1) is 12.9. The van der Waals surface area contributed by atoms with E-state index in [0.29, 0.717) is 22.6 Å². The molecule has 3 rings (SSSR count). The smallest absolute Gasteiger partial charge is 0.339 e. The van der Waals surface area contributed by atoms with E-state index in [1.807, 2.05) is 0 Å². The molecule has 3 aromatic rings. The van der Waals surface area contributed by atoms with Gasteiger partial charge >= 0.3 is 6.03 Å². The van der Waals surface area contributed by atoms with Crippen LogP contribution in [0.2, 0.25) is 0 Å². The number of hydrogen-bond acceptors (Lipinski definition) is 5. The van der Waals surface area contributed by atoms with Crippen molar-refractivity contribution in [1.29, 1.82) is 0 Å². The number of hydrogen-bond donors (Lipinski definition) is 2. The van der Waals surface area contributed by atoms with Gasteiger partial charge in [0.25, 0.3) is 0 Å². The van der Waals surface area contributed by atoms with Crippen molar-refractivity contribution >= 4 is 22.9 Å². The molecule has 2 N–H and O–H groups in total. The highest BCUT2D eigenvalue weighted by Gasteiger charge is 2.08. The van der Waals surface area contributed by atoms with Gasteiger partial charge in [-0.3, -0.25) is 0 Å². The second kappa shape index (κ2) is 5.45. The van der Waals surface area contributed by atoms with Crippen LogP contribution in [0.5, 0.6) is 5.75 Å². The molecule has 106 valence electrons. The molecule has 0 unspecified atom stereocenters. The summed E-state index contributed by atoms with van der Waals surface area (Å²) in [4.78, 5) is 17.2. The van der Waals surface area contributed by atoms with Crippen molar-refractivity contribution in [3.05, 3.63) is 42.6 Å². The van der Waals surface area contributed by atoms with Gasteiger partial charge in [0.15, 0.2) is 0 Å². The molecular weight excluding hydrogens is 272 g/mol. The lowest BCUT2D eigenvalue weighted by Crippen LogP contribution is -2.28. The van der Waals surface area contributed by atoms with E-state index < -0.39 is 6.03 Å². The van der Waals surface area contributed by atoms with E-state index in [9.17, 15) is 4.79 Å². The summed E-state index contributed by atoms with van der Waals surface area (Å²) in [7, 11) is 1.58. The summed E-state index contributed by atoms with van der Waals surface area (Å²) in [5.74, 6) is 0.715. The van der Waals surface area contributed by atoms with Gasteiger partial charge in [0.1, 0.15) is 11.3 Å². The van der Waals surface area contributed by atoms with Crippen LogP contribution in [0, 0.1) is 0 Å². The number of urea groups is 1. The number of fused-ring (bicyclic) bond motifs is 1. The molecule has 1 aromatic carbocycles. The Morgan fingerprint density at radius 3 is 2.81 bits per heavy atom. The predicted octanol–water partition coefficient (Wildman–Crippen LogP) is 1.61. The van der Waals surface area contributed by atoms with Crippen LogP contribution in [0.1, 0.15) is 0 Å². The van der Waals surface area contributed by atoms with Crippen LogP contribution in [0.3, 0.4) is 0 Å². The third kappa shape index (κ3) is 2.73. The lowest BCUT2D eigenvalue weighted by atomic mass is 10.3. The van der Waals surface area contributed by atoms with E-state index in [4.69, 9.17) is 4.74 Å². The number of anilines is 1. The van der Waals surface area contributed by atoms with Crippen molar-refractivity contribution in [2.75, 3.05) is 17.9 Å². The zero-order chi connectivity index (χ0) is 14.7. The Morgan fingerprint density at radius 2 is 2.05 bits per heavy atom. The minimum absolute atomic E-state index is 0.447. The summed E-state index contributed by atoms with van der Waals surface area (Å²) in [5, 5.41) is 10.4. The van der Waals surface area contributed by atoms with Crippen LogP contribution in [0.15, 0.2) is 42.6 Å². The van der Waals surface area contributed by atoms with Crippen molar-refractivity contribution in [2.45, 2.75) is 0 Å². The zero-order valence-corrected chi connectivity index (χ0v) is 11.1. The van der Waals surface area contributed by atoms with E-state index in [1.165, 1.54) is 4.79 Å². The summed E-state index contributed by atoms with van der Waals surface area (Å²) in [6, 6.07) is 10.0. The molecule has 0 bridgehead atoms. The maximum absolute atomic E-state index is 11.9. The Labute approximate surface area is 119 Å². The molecule has 0 fully saturated rings. The van der Waals surface area contributed by atoms with Crippen molar-refractivity contribution in [1.82, 2.24) is 20.1 Å². The lowest BCUT2D eigenvalue weighted by Gasteiger charge is -2.07. The molecule has 2 aromatic heterocycles. The molecule has 21 heavy (non-hydrogen) atoms. The number of amides is 2. The van der Waals surface area contributed by atoms with Crippen LogP contribution >= 0.6 is 0 Å². The number of nitrogens with one attached hydrogen (secondary N) is 2. The maximum atomic E-state index is 11.9. The normalized spacial score (nSPS) is 10.3. The largest absolute Gasteiger partial charge is 0.497 e. The quantitative estimate of drug-likeness (QED) is 0.762. The second-order valence-electron chi connectivity index (χ2n) is 4.14. The molecule has 8 nitrogen and oxygen atoms in total. The predicted molar refractivity (Wildman–Crippen MR) is 76.7 cm³/mol. The molecule has 0 aliphatic rings. The third-order valence-corrected chi connectivity index (χ3v) is 2.76. The highest BCUT2D eigenvalue weighted by Crippen LogP contribution is 2.14. The molecule has 0 aliphatic carbocycles. The van der Waals surface area contributed by atoms with E-state index in [0.717, 1.165) is 0 Å². The maximum Gasteiger partial charge on any atom is 0.339 e. The van der Waals surface area contributed by atoms with Gasteiger partial charge in [0.05, 0.1) is 7.11 Å². The van der Waals surface area contributed by atoms with Gasteiger partial charge in [-0.05, 0) is 41.6 Å².